The van der Waals surface area contributed by atoms with Crippen molar-refractivity contribution in [2.45, 2.75) is 52.1 Å². The summed E-state index contributed by atoms with van der Waals surface area (Å²) in [6.45, 7) is 3.04. The molecule has 0 aromatic heterocycles. The summed E-state index contributed by atoms with van der Waals surface area (Å²) in [4.78, 5) is 39.4. The molecule has 1 aliphatic rings. The third-order valence-corrected chi connectivity index (χ3v) is 7.08. The lowest BCUT2D eigenvalue weighted by Crippen LogP contribution is -2.54. The van der Waals surface area contributed by atoms with Crippen molar-refractivity contribution in [3.63, 3.8) is 0 Å². The number of urea groups is 1. The van der Waals surface area contributed by atoms with Gasteiger partial charge in [0.1, 0.15) is 17.9 Å². The second kappa shape index (κ2) is 14.7. The number of rotatable bonds is 13. The molecule has 3 aromatic carbocycles. The van der Waals surface area contributed by atoms with Gasteiger partial charge in [-0.3, -0.25) is 14.9 Å². The Kier molecular flexibility index (Phi) is 10.8. The van der Waals surface area contributed by atoms with Gasteiger partial charge >= 0.3 is 6.03 Å². The third-order valence-electron chi connectivity index (χ3n) is 6.52. The number of amides is 4. The summed E-state index contributed by atoms with van der Waals surface area (Å²) in [6.07, 6.45) is 8.11. The van der Waals surface area contributed by atoms with Crippen LogP contribution < -0.4 is 19.7 Å². The van der Waals surface area contributed by atoms with Crippen LogP contribution in [0, 0.1) is 0 Å². The lowest BCUT2D eigenvalue weighted by atomic mass is 10.1. The Bertz CT molecular complexity index is 1380. The summed E-state index contributed by atoms with van der Waals surface area (Å²) in [5, 5.41) is 2.74. The van der Waals surface area contributed by atoms with E-state index >= 15 is 0 Å². The first kappa shape index (κ1) is 30.2. The highest BCUT2D eigenvalue weighted by Gasteiger charge is 2.36. The second-order valence-electron chi connectivity index (χ2n) is 9.66. The minimum Gasteiger partial charge on any atom is -0.490 e. The molecule has 1 N–H and O–H groups in total. The largest absolute Gasteiger partial charge is 0.490 e. The quantitative estimate of drug-likeness (QED) is 0.123. The Labute approximate surface area is 250 Å². The lowest BCUT2D eigenvalue weighted by molar-refractivity contribution is -0.122. The van der Waals surface area contributed by atoms with Crippen molar-refractivity contribution in [3.8, 4) is 11.5 Å². The minimum absolute atomic E-state index is 0.234. The molecule has 1 aliphatic heterocycles. The average molecular weight is 596 g/mol. The van der Waals surface area contributed by atoms with Crippen LogP contribution >= 0.6 is 23.2 Å². The van der Waals surface area contributed by atoms with Crippen molar-refractivity contribution in [1.82, 2.24) is 5.32 Å². The molecular formula is C32H32Cl2N2O5. The summed E-state index contributed by atoms with van der Waals surface area (Å²) in [5.41, 5.74) is 1.48. The van der Waals surface area contributed by atoms with E-state index in [0.717, 1.165) is 29.7 Å². The van der Waals surface area contributed by atoms with Crippen molar-refractivity contribution in [1.29, 1.82) is 0 Å². The van der Waals surface area contributed by atoms with E-state index in [-0.39, 0.29) is 21.3 Å². The molecule has 41 heavy (non-hydrogen) atoms. The van der Waals surface area contributed by atoms with Gasteiger partial charge in [-0.2, -0.15) is 0 Å². The number of halogens is 2. The van der Waals surface area contributed by atoms with Crippen molar-refractivity contribution in [2.24, 2.45) is 0 Å². The number of unbranched alkanes of at least 4 members (excludes halogenated alkanes) is 5. The van der Waals surface area contributed by atoms with Gasteiger partial charge in [0.15, 0.2) is 5.75 Å². The predicted molar refractivity (Wildman–Crippen MR) is 162 cm³/mol. The van der Waals surface area contributed by atoms with Crippen molar-refractivity contribution in [3.05, 3.63) is 93.5 Å². The van der Waals surface area contributed by atoms with Gasteiger partial charge in [0.2, 0.25) is 0 Å². The Balaban J connectivity index is 1.43. The number of nitrogens with zero attached hydrogens (tertiary/aromatic N) is 1. The zero-order valence-corrected chi connectivity index (χ0v) is 24.3. The van der Waals surface area contributed by atoms with E-state index in [4.69, 9.17) is 32.7 Å². The summed E-state index contributed by atoms with van der Waals surface area (Å²) < 4.78 is 11.6. The number of hydrogen-bond acceptors (Lipinski definition) is 5. The molecule has 0 atom stereocenters. The molecule has 214 valence electrons. The molecule has 0 unspecified atom stereocenters. The number of nitrogens with one attached hydrogen (secondary N) is 1. The van der Waals surface area contributed by atoms with Gasteiger partial charge in [-0.25, -0.2) is 9.69 Å². The van der Waals surface area contributed by atoms with Crippen LogP contribution in [0.1, 0.15) is 56.6 Å². The van der Waals surface area contributed by atoms with Gasteiger partial charge in [0, 0.05) is 0 Å². The average Bonchev–Trinajstić information content (AvgIpc) is 2.96. The summed E-state index contributed by atoms with van der Waals surface area (Å²) >= 11 is 12.9. The zero-order valence-electron chi connectivity index (χ0n) is 22.8. The summed E-state index contributed by atoms with van der Waals surface area (Å²) in [6, 6.07) is 18.4. The number of anilines is 1. The number of benzene rings is 3. The van der Waals surface area contributed by atoms with Gasteiger partial charge in [-0.05, 0) is 60.0 Å². The SMILES string of the molecule is CCCCCCCCOc1c(Cl)cc(/C=C2/C(=O)NC(=O)N(c3ccc(OCc4ccccc4)cc3)C2=O)cc1Cl. The van der Waals surface area contributed by atoms with Crippen LogP contribution in [-0.2, 0) is 16.2 Å². The summed E-state index contributed by atoms with van der Waals surface area (Å²) in [5.74, 6) is -0.658. The number of hydrogen-bond donors (Lipinski definition) is 1. The molecule has 4 rings (SSSR count). The molecule has 3 aromatic rings. The monoisotopic (exact) mass is 594 g/mol. The predicted octanol–water partition coefficient (Wildman–Crippen LogP) is 7.98. The van der Waals surface area contributed by atoms with Crippen LogP contribution in [0.25, 0.3) is 6.08 Å². The Morgan fingerprint density at radius 2 is 1.49 bits per heavy atom. The Hall–Kier alpha value is -3.81. The fraction of sp³-hybridized carbons (Fsp3) is 0.281. The molecule has 4 amide bonds. The van der Waals surface area contributed by atoms with E-state index in [2.05, 4.69) is 12.2 Å². The molecule has 9 heteroatoms. The number of imide groups is 2. The van der Waals surface area contributed by atoms with Gasteiger partial charge in [-0.15, -0.1) is 0 Å². The van der Waals surface area contributed by atoms with E-state index in [0.29, 0.717) is 30.3 Å². The highest BCUT2D eigenvalue weighted by molar-refractivity contribution is 6.40. The molecule has 0 radical (unpaired) electrons. The zero-order chi connectivity index (χ0) is 29.2. The molecule has 1 saturated heterocycles. The van der Waals surface area contributed by atoms with Crippen LogP contribution in [0.5, 0.6) is 11.5 Å². The lowest BCUT2D eigenvalue weighted by Gasteiger charge is -2.26. The van der Waals surface area contributed by atoms with E-state index in [9.17, 15) is 14.4 Å². The van der Waals surface area contributed by atoms with Crippen LogP contribution in [0.2, 0.25) is 10.0 Å². The Morgan fingerprint density at radius 3 is 2.17 bits per heavy atom. The first-order valence-electron chi connectivity index (χ1n) is 13.7. The standard InChI is InChI=1S/C32H32Cl2N2O5/c1-2-3-4-5-6-10-17-40-29-27(33)19-23(20-28(29)34)18-26-30(37)35-32(39)36(31(26)38)24-13-15-25(16-14-24)41-21-22-11-8-7-9-12-22/h7-9,11-16,18-20H,2-6,10,17,21H2,1H3,(H,35,37,39)/b26-18-. The topological polar surface area (TPSA) is 84.9 Å². The van der Waals surface area contributed by atoms with E-state index < -0.39 is 17.8 Å². The molecule has 1 fully saturated rings. The number of ether oxygens (including phenoxy) is 2. The van der Waals surface area contributed by atoms with Crippen LogP contribution in [0.4, 0.5) is 10.5 Å². The number of carbonyl (C=O) groups is 3. The van der Waals surface area contributed by atoms with E-state index in [1.165, 1.54) is 25.3 Å². The number of barbiturate groups is 1. The maximum atomic E-state index is 13.3. The smallest absolute Gasteiger partial charge is 0.335 e. The van der Waals surface area contributed by atoms with E-state index in [1.807, 2.05) is 30.3 Å². The van der Waals surface area contributed by atoms with Crippen LogP contribution in [0.3, 0.4) is 0 Å². The highest BCUT2D eigenvalue weighted by Crippen LogP contribution is 2.35. The van der Waals surface area contributed by atoms with Crippen molar-refractivity contribution in [2.75, 3.05) is 11.5 Å². The molecular weight excluding hydrogens is 563 g/mol. The van der Waals surface area contributed by atoms with Gasteiger partial charge in [-0.1, -0.05) is 92.6 Å². The van der Waals surface area contributed by atoms with Gasteiger partial charge in [0.05, 0.1) is 22.3 Å². The molecule has 0 spiro atoms. The van der Waals surface area contributed by atoms with Crippen LogP contribution in [0.15, 0.2) is 72.3 Å². The highest BCUT2D eigenvalue weighted by atomic mass is 35.5. The fourth-order valence-electron chi connectivity index (χ4n) is 4.35. The molecule has 0 saturated carbocycles. The first-order chi connectivity index (χ1) is 19.9. The summed E-state index contributed by atoms with van der Waals surface area (Å²) in [7, 11) is 0. The van der Waals surface area contributed by atoms with Crippen molar-refractivity contribution < 1.29 is 23.9 Å². The normalized spacial score (nSPS) is 14.4. The molecule has 1 heterocycles. The molecule has 0 bridgehead atoms. The molecule has 7 nitrogen and oxygen atoms in total. The first-order valence-corrected chi connectivity index (χ1v) is 14.4. The van der Waals surface area contributed by atoms with Crippen LogP contribution in [-0.4, -0.2) is 24.5 Å². The van der Waals surface area contributed by atoms with E-state index in [1.54, 1.807) is 36.4 Å². The minimum atomic E-state index is -0.843. The second-order valence-corrected chi connectivity index (χ2v) is 10.5. The van der Waals surface area contributed by atoms with Gasteiger partial charge < -0.3 is 9.47 Å². The Morgan fingerprint density at radius 1 is 0.829 bits per heavy atom. The third kappa shape index (κ3) is 8.12. The van der Waals surface area contributed by atoms with Gasteiger partial charge in [0.25, 0.3) is 11.8 Å². The fourth-order valence-corrected chi connectivity index (χ4v) is 4.96. The maximum absolute atomic E-state index is 13.3. The maximum Gasteiger partial charge on any atom is 0.335 e. The number of carbonyl (C=O) groups excluding carboxylic acids is 3. The van der Waals surface area contributed by atoms with Crippen molar-refractivity contribution >= 4 is 52.8 Å². The molecule has 0 aliphatic carbocycles.